The molecule has 180 valence electrons. The molecule has 7 nitrogen and oxygen atoms in total. The Bertz CT molecular complexity index is 1420. The summed E-state index contributed by atoms with van der Waals surface area (Å²) in [5.41, 5.74) is 1.65. The highest BCUT2D eigenvalue weighted by Gasteiger charge is 2.23. The first-order chi connectivity index (χ1) is 16.7. The van der Waals surface area contributed by atoms with Crippen LogP contribution in [0.15, 0.2) is 54.7 Å². The standard InChI is InChI=1S/C25H22F3N5O2/c1-14(2)33-24-17(12-29-33)16(11-20(31-24)15-7-5-4-6-8-15)25(35)32(3)13-21(34)30-19-10-9-18(26)22(27)23(19)28/h4-12,14H,13H2,1-3H3,(H,30,34). The second kappa shape index (κ2) is 9.57. The van der Waals surface area contributed by atoms with E-state index in [1.807, 2.05) is 44.2 Å². The fourth-order valence-electron chi connectivity index (χ4n) is 3.63. The fraction of sp³-hybridized carbons (Fsp3) is 0.200. The van der Waals surface area contributed by atoms with Gasteiger partial charge in [-0.3, -0.25) is 9.59 Å². The smallest absolute Gasteiger partial charge is 0.254 e. The third-order valence-corrected chi connectivity index (χ3v) is 5.39. The van der Waals surface area contributed by atoms with Gasteiger partial charge in [-0.25, -0.2) is 22.8 Å². The highest BCUT2D eigenvalue weighted by atomic mass is 19.2. The van der Waals surface area contributed by atoms with Gasteiger partial charge in [0.15, 0.2) is 23.1 Å². The van der Waals surface area contributed by atoms with Crippen LogP contribution < -0.4 is 5.32 Å². The molecule has 0 unspecified atom stereocenters. The van der Waals surface area contributed by atoms with Crippen LogP contribution in [0.25, 0.3) is 22.3 Å². The number of benzene rings is 2. The van der Waals surface area contributed by atoms with Gasteiger partial charge in [-0.2, -0.15) is 5.10 Å². The summed E-state index contributed by atoms with van der Waals surface area (Å²) in [5.74, 6) is -5.85. The van der Waals surface area contributed by atoms with Crippen molar-refractivity contribution in [2.45, 2.75) is 19.9 Å². The van der Waals surface area contributed by atoms with E-state index in [9.17, 15) is 22.8 Å². The number of likely N-dealkylation sites (N-methyl/N-ethyl adjacent to an activating group) is 1. The molecule has 0 spiro atoms. The molecule has 0 radical (unpaired) electrons. The number of pyridine rings is 1. The maximum atomic E-state index is 13.9. The molecule has 0 aliphatic carbocycles. The third-order valence-electron chi connectivity index (χ3n) is 5.39. The topological polar surface area (TPSA) is 80.1 Å². The molecule has 2 aromatic heterocycles. The van der Waals surface area contributed by atoms with E-state index in [0.717, 1.165) is 16.5 Å². The third kappa shape index (κ3) is 4.72. The van der Waals surface area contributed by atoms with Gasteiger partial charge in [0.2, 0.25) is 5.91 Å². The number of halogens is 3. The summed E-state index contributed by atoms with van der Waals surface area (Å²) >= 11 is 0. The van der Waals surface area contributed by atoms with Crippen LogP contribution in [-0.2, 0) is 4.79 Å². The number of anilines is 1. The SMILES string of the molecule is CC(C)n1ncc2c(C(=O)N(C)CC(=O)Nc3ccc(F)c(F)c3F)cc(-c3ccccc3)nc21. The van der Waals surface area contributed by atoms with E-state index in [4.69, 9.17) is 4.98 Å². The molecule has 2 heterocycles. The normalized spacial score (nSPS) is 11.2. The molecule has 0 aliphatic rings. The van der Waals surface area contributed by atoms with Crippen LogP contribution in [0.3, 0.4) is 0 Å². The quantitative estimate of drug-likeness (QED) is 0.401. The Morgan fingerprint density at radius 1 is 1.06 bits per heavy atom. The van der Waals surface area contributed by atoms with Crippen LogP contribution in [0.1, 0.15) is 30.2 Å². The van der Waals surface area contributed by atoms with Crippen molar-refractivity contribution in [2.24, 2.45) is 0 Å². The molecule has 35 heavy (non-hydrogen) atoms. The Balaban J connectivity index is 1.64. The molecule has 10 heteroatoms. The molecule has 2 amide bonds. The zero-order chi connectivity index (χ0) is 25.3. The van der Waals surface area contributed by atoms with Crippen LogP contribution in [0.2, 0.25) is 0 Å². The van der Waals surface area contributed by atoms with Gasteiger partial charge in [0.05, 0.1) is 35.1 Å². The van der Waals surface area contributed by atoms with Crippen LogP contribution in [0, 0.1) is 17.5 Å². The van der Waals surface area contributed by atoms with E-state index in [0.29, 0.717) is 22.8 Å². The molecular formula is C25H22F3N5O2. The molecule has 0 saturated heterocycles. The predicted molar refractivity (Wildman–Crippen MR) is 125 cm³/mol. The minimum atomic E-state index is -1.69. The van der Waals surface area contributed by atoms with Crippen molar-refractivity contribution < 1.29 is 22.8 Å². The number of hydrogen-bond donors (Lipinski definition) is 1. The zero-order valence-electron chi connectivity index (χ0n) is 19.2. The van der Waals surface area contributed by atoms with Gasteiger partial charge in [0.1, 0.15) is 0 Å². The first kappa shape index (κ1) is 23.9. The monoisotopic (exact) mass is 481 g/mol. The number of rotatable bonds is 6. The lowest BCUT2D eigenvalue weighted by molar-refractivity contribution is -0.116. The number of carbonyl (C=O) groups excluding carboxylic acids is 2. The van der Waals surface area contributed by atoms with E-state index in [-0.39, 0.29) is 11.6 Å². The second-order valence-corrected chi connectivity index (χ2v) is 8.27. The van der Waals surface area contributed by atoms with E-state index in [1.165, 1.54) is 7.05 Å². The molecular weight excluding hydrogens is 459 g/mol. The van der Waals surface area contributed by atoms with Crippen molar-refractivity contribution in [3.8, 4) is 11.3 Å². The van der Waals surface area contributed by atoms with Crippen LogP contribution in [0.4, 0.5) is 18.9 Å². The van der Waals surface area contributed by atoms with E-state index in [2.05, 4.69) is 10.4 Å². The largest absolute Gasteiger partial charge is 0.332 e. The summed E-state index contributed by atoms with van der Waals surface area (Å²) in [5, 5.41) is 7.05. The minimum absolute atomic E-state index is 0.0107. The van der Waals surface area contributed by atoms with Gasteiger partial charge >= 0.3 is 0 Å². The number of nitrogens with zero attached hydrogens (tertiary/aromatic N) is 4. The number of carbonyl (C=O) groups is 2. The van der Waals surface area contributed by atoms with Crippen LogP contribution in [-0.4, -0.2) is 45.1 Å². The Morgan fingerprint density at radius 3 is 2.46 bits per heavy atom. The number of fused-ring (bicyclic) bond motifs is 1. The molecule has 1 N–H and O–H groups in total. The van der Waals surface area contributed by atoms with Crippen LogP contribution >= 0.6 is 0 Å². The summed E-state index contributed by atoms with van der Waals surface area (Å²) in [4.78, 5) is 31.7. The fourth-order valence-corrected chi connectivity index (χ4v) is 3.63. The Morgan fingerprint density at radius 2 is 1.77 bits per heavy atom. The lowest BCUT2D eigenvalue weighted by atomic mass is 10.1. The van der Waals surface area contributed by atoms with Gasteiger partial charge in [-0.1, -0.05) is 30.3 Å². The van der Waals surface area contributed by atoms with Crippen molar-refractivity contribution in [3.05, 3.63) is 77.7 Å². The van der Waals surface area contributed by atoms with Gasteiger partial charge in [-0.15, -0.1) is 0 Å². The zero-order valence-corrected chi connectivity index (χ0v) is 19.2. The summed E-state index contributed by atoms with van der Waals surface area (Å²) in [6.07, 6.45) is 1.55. The highest BCUT2D eigenvalue weighted by molar-refractivity contribution is 6.07. The summed E-state index contributed by atoms with van der Waals surface area (Å²) in [7, 11) is 1.41. The maximum absolute atomic E-state index is 13.9. The van der Waals surface area contributed by atoms with Crippen LogP contribution in [0.5, 0.6) is 0 Å². The van der Waals surface area contributed by atoms with E-state index in [1.54, 1.807) is 16.9 Å². The number of hydrogen-bond acceptors (Lipinski definition) is 4. The lowest BCUT2D eigenvalue weighted by Gasteiger charge is -2.18. The van der Waals surface area contributed by atoms with Gasteiger partial charge in [0, 0.05) is 18.7 Å². The molecule has 0 saturated carbocycles. The molecule has 0 fully saturated rings. The van der Waals surface area contributed by atoms with Crippen molar-refractivity contribution in [1.82, 2.24) is 19.7 Å². The molecule has 2 aromatic carbocycles. The van der Waals surface area contributed by atoms with Gasteiger partial charge in [-0.05, 0) is 32.0 Å². The highest BCUT2D eigenvalue weighted by Crippen LogP contribution is 2.27. The Hall–Kier alpha value is -4.21. The lowest BCUT2D eigenvalue weighted by Crippen LogP contribution is -2.35. The van der Waals surface area contributed by atoms with Crippen molar-refractivity contribution in [3.63, 3.8) is 0 Å². The molecule has 0 bridgehead atoms. The average Bonchev–Trinajstić information content (AvgIpc) is 3.28. The number of aromatic nitrogens is 3. The molecule has 0 aliphatic heterocycles. The number of nitrogens with one attached hydrogen (secondary N) is 1. The molecule has 4 rings (SSSR count). The summed E-state index contributed by atoms with van der Waals surface area (Å²) in [6, 6.07) is 12.6. The minimum Gasteiger partial charge on any atom is -0.332 e. The van der Waals surface area contributed by atoms with Crippen molar-refractivity contribution in [1.29, 1.82) is 0 Å². The average molecular weight is 481 g/mol. The predicted octanol–water partition coefficient (Wildman–Crippen LogP) is 4.81. The second-order valence-electron chi connectivity index (χ2n) is 8.27. The Labute approximate surface area is 199 Å². The maximum Gasteiger partial charge on any atom is 0.254 e. The van der Waals surface area contributed by atoms with Crippen molar-refractivity contribution >= 4 is 28.5 Å². The first-order valence-electron chi connectivity index (χ1n) is 10.8. The van der Waals surface area contributed by atoms with E-state index >= 15 is 0 Å². The van der Waals surface area contributed by atoms with Gasteiger partial charge < -0.3 is 10.2 Å². The van der Waals surface area contributed by atoms with E-state index < -0.39 is 41.5 Å². The summed E-state index contributed by atoms with van der Waals surface area (Å²) in [6.45, 7) is 3.43. The summed E-state index contributed by atoms with van der Waals surface area (Å²) < 4.78 is 42.2. The first-order valence-corrected chi connectivity index (χ1v) is 10.8. The van der Waals surface area contributed by atoms with Crippen molar-refractivity contribution in [2.75, 3.05) is 18.9 Å². The molecule has 0 atom stereocenters. The van der Waals surface area contributed by atoms with Gasteiger partial charge in [0.25, 0.3) is 5.91 Å². The Kier molecular flexibility index (Phi) is 6.54. The molecule has 4 aromatic rings. The number of amides is 2.